The quantitative estimate of drug-likeness (QED) is 0.426. The van der Waals surface area contributed by atoms with Crippen LogP contribution >= 0.6 is 0 Å². The maximum absolute atomic E-state index is 12.2. The third-order valence-electron chi connectivity index (χ3n) is 3.64. The van der Waals surface area contributed by atoms with Crippen LogP contribution in [0.3, 0.4) is 0 Å². The van der Waals surface area contributed by atoms with Gasteiger partial charge in [0.15, 0.2) is 0 Å². The summed E-state index contributed by atoms with van der Waals surface area (Å²) in [5.74, 6) is 1.27. The Morgan fingerprint density at radius 2 is 1.79 bits per heavy atom. The minimum absolute atomic E-state index is 0.125. The van der Waals surface area contributed by atoms with Gasteiger partial charge in [-0.25, -0.2) is 0 Å². The molecule has 0 spiro atoms. The van der Waals surface area contributed by atoms with E-state index < -0.39 is 0 Å². The van der Waals surface area contributed by atoms with Gasteiger partial charge in [-0.1, -0.05) is 18.7 Å². The standard InChI is InChI=1S/C22H28N2O4/c1-4-26-13-14-27-21-8-6-5-7-20(21)23-15-22(25)24-18-9-11-19(12-10-18)28-16-17(2)3/h5-12,23H,2,4,13-16H2,1,3H3,(H,24,25). The summed E-state index contributed by atoms with van der Waals surface area (Å²) in [6.45, 7) is 9.88. The molecule has 0 radical (unpaired) electrons. The first kappa shape index (κ1) is 21.3. The molecule has 150 valence electrons. The van der Waals surface area contributed by atoms with Gasteiger partial charge in [0.05, 0.1) is 18.8 Å². The summed E-state index contributed by atoms with van der Waals surface area (Å²) in [6, 6.07) is 14.7. The van der Waals surface area contributed by atoms with E-state index in [4.69, 9.17) is 14.2 Å². The lowest BCUT2D eigenvalue weighted by Crippen LogP contribution is -2.22. The number of nitrogens with one attached hydrogen (secondary N) is 2. The van der Waals surface area contributed by atoms with Gasteiger partial charge in [-0.2, -0.15) is 0 Å². The number of anilines is 2. The molecule has 0 unspecified atom stereocenters. The molecule has 0 aliphatic rings. The zero-order valence-corrected chi connectivity index (χ0v) is 16.5. The minimum Gasteiger partial charge on any atom is -0.489 e. The Bertz CT molecular complexity index is 759. The second kappa shape index (κ2) is 11.7. The molecule has 0 fully saturated rings. The summed E-state index contributed by atoms with van der Waals surface area (Å²) >= 11 is 0. The van der Waals surface area contributed by atoms with Crippen LogP contribution in [0.4, 0.5) is 11.4 Å². The van der Waals surface area contributed by atoms with Crippen LogP contribution in [0.5, 0.6) is 11.5 Å². The van der Waals surface area contributed by atoms with E-state index in [1.54, 1.807) is 12.1 Å². The van der Waals surface area contributed by atoms with Crippen molar-refractivity contribution < 1.29 is 19.0 Å². The fourth-order valence-corrected chi connectivity index (χ4v) is 2.32. The summed E-state index contributed by atoms with van der Waals surface area (Å²) in [4.78, 5) is 12.2. The zero-order valence-electron chi connectivity index (χ0n) is 16.5. The summed E-state index contributed by atoms with van der Waals surface area (Å²) in [6.07, 6.45) is 0. The second-order valence-electron chi connectivity index (χ2n) is 6.21. The normalized spacial score (nSPS) is 10.2. The molecule has 0 aliphatic carbocycles. The molecule has 2 rings (SSSR count). The second-order valence-corrected chi connectivity index (χ2v) is 6.21. The predicted octanol–water partition coefficient (Wildman–Crippen LogP) is 4.11. The summed E-state index contributed by atoms with van der Waals surface area (Å²) in [5.41, 5.74) is 2.42. The van der Waals surface area contributed by atoms with Crippen molar-refractivity contribution in [1.29, 1.82) is 0 Å². The van der Waals surface area contributed by atoms with Gasteiger partial charge in [0.2, 0.25) is 5.91 Å². The van der Waals surface area contributed by atoms with Crippen LogP contribution in [-0.2, 0) is 9.53 Å². The molecule has 0 bridgehead atoms. The number of amides is 1. The summed E-state index contributed by atoms with van der Waals surface area (Å²) in [5, 5.41) is 5.95. The molecule has 28 heavy (non-hydrogen) atoms. The fraction of sp³-hybridized carbons (Fsp3) is 0.318. The number of benzene rings is 2. The van der Waals surface area contributed by atoms with Crippen LogP contribution < -0.4 is 20.1 Å². The van der Waals surface area contributed by atoms with Crippen molar-refractivity contribution in [2.24, 2.45) is 0 Å². The predicted molar refractivity (Wildman–Crippen MR) is 112 cm³/mol. The number of para-hydroxylation sites is 2. The van der Waals surface area contributed by atoms with Crippen LogP contribution in [0, 0.1) is 0 Å². The largest absolute Gasteiger partial charge is 0.489 e. The van der Waals surface area contributed by atoms with Crippen molar-refractivity contribution >= 4 is 17.3 Å². The highest BCUT2D eigenvalue weighted by Crippen LogP contribution is 2.23. The van der Waals surface area contributed by atoms with Gasteiger partial charge in [-0.05, 0) is 55.8 Å². The number of carbonyl (C=O) groups excluding carboxylic acids is 1. The van der Waals surface area contributed by atoms with Crippen LogP contribution in [0.15, 0.2) is 60.7 Å². The SMILES string of the molecule is C=C(C)COc1ccc(NC(=O)CNc2ccccc2OCCOCC)cc1. The first-order chi connectivity index (χ1) is 13.6. The number of hydrogen-bond acceptors (Lipinski definition) is 5. The van der Waals surface area contributed by atoms with Crippen LogP contribution in [0.25, 0.3) is 0 Å². The smallest absolute Gasteiger partial charge is 0.243 e. The Hall–Kier alpha value is -2.99. The Labute approximate surface area is 166 Å². The Morgan fingerprint density at radius 3 is 2.50 bits per heavy atom. The molecule has 0 atom stereocenters. The van der Waals surface area contributed by atoms with E-state index >= 15 is 0 Å². The van der Waals surface area contributed by atoms with Crippen molar-refractivity contribution in [3.63, 3.8) is 0 Å². The maximum atomic E-state index is 12.2. The van der Waals surface area contributed by atoms with Gasteiger partial charge in [0, 0.05) is 12.3 Å². The summed E-state index contributed by atoms with van der Waals surface area (Å²) < 4.78 is 16.5. The lowest BCUT2D eigenvalue weighted by atomic mass is 10.3. The van der Waals surface area contributed by atoms with E-state index in [1.807, 2.05) is 50.2 Å². The average molecular weight is 384 g/mol. The molecule has 2 N–H and O–H groups in total. The molecule has 0 saturated heterocycles. The van der Waals surface area contributed by atoms with E-state index in [9.17, 15) is 4.79 Å². The summed E-state index contributed by atoms with van der Waals surface area (Å²) in [7, 11) is 0. The maximum Gasteiger partial charge on any atom is 0.243 e. The monoisotopic (exact) mass is 384 g/mol. The van der Waals surface area contributed by atoms with Gasteiger partial charge in [-0.3, -0.25) is 4.79 Å². The number of ether oxygens (including phenoxy) is 3. The molecular weight excluding hydrogens is 356 g/mol. The topological polar surface area (TPSA) is 68.8 Å². The van der Waals surface area contributed by atoms with Gasteiger partial charge in [-0.15, -0.1) is 0 Å². The van der Waals surface area contributed by atoms with E-state index in [0.717, 1.165) is 17.0 Å². The van der Waals surface area contributed by atoms with E-state index in [0.29, 0.717) is 37.9 Å². The third-order valence-corrected chi connectivity index (χ3v) is 3.64. The lowest BCUT2D eigenvalue weighted by molar-refractivity contribution is -0.114. The van der Waals surface area contributed by atoms with Crippen molar-refractivity contribution in [3.8, 4) is 11.5 Å². The molecule has 1 amide bonds. The number of rotatable bonds is 12. The first-order valence-electron chi connectivity index (χ1n) is 9.29. The van der Waals surface area contributed by atoms with E-state index in [-0.39, 0.29) is 12.5 Å². The van der Waals surface area contributed by atoms with Crippen LogP contribution in [0.2, 0.25) is 0 Å². The fourth-order valence-electron chi connectivity index (χ4n) is 2.32. The van der Waals surface area contributed by atoms with Crippen molar-refractivity contribution in [2.45, 2.75) is 13.8 Å². The lowest BCUT2D eigenvalue weighted by Gasteiger charge is -2.13. The molecule has 6 heteroatoms. The van der Waals surface area contributed by atoms with Gasteiger partial charge in [0.1, 0.15) is 24.7 Å². The Kier molecular flexibility index (Phi) is 8.88. The zero-order chi connectivity index (χ0) is 20.2. The molecule has 0 saturated carbocycles. The molecular formula is C22H28N2O4. The average Bonchev–Trinajstić information content (AvgIpc) is 2.70. The van der Waals surface area contributed by atoms with Crippen molar-refractivity contribution in [1.82, 2.24) is 0 Å². The minimum atomic E-state index is -0.153. The molecule has 0 aliphatic heterocycles. The van der Waals surface area contributed by atoms with Gasteiger partial charge < -0.3 is 24.8 Å². The van der Waals surface area contributed by atoms with Crippen LogP contribution in [-0.4, -0.2) is 38.9 Å². The highest BCUT2D eigenvalue weighted by molar-refractivity contribution is 5.94. The number of carbonyl (C=O) groups is 1. The first-order valence-corrected chi connectivity index (χ1v) is 9.29. The van der Waals surface area contributed by atoms with Crippen molar-refractivity contribution in [2.75, 3.05) is 43.6 Å². The Morgan fingerprint density at radius 1 is 1.04 bits per heavy atom. The third kappa shape index (κ3) is 7.72. The molecule has 0 heterocycles. The van der Waals surface area contributed by atoms with Gasteiger partial charge >= 0.3 is 0 Å². The number of hydrogen-bond donors (Lipinski definition) is 2. The van der Waals surface area contributed by atoms with E-state index in [2.05, 4.69) is 17.2 Å². The van der Waals surface area contributed by atoms with Crippen LogP contribution in [0.1, 0.15) is 13.8 Å². The van der Waals surface area contributed by atoms with Gasteiger partial charge in [0.25, 0.3) is 0 Å². The molecule has 6 nitrogen and oxygen atoms in total. The molecule has 2 aromatic rings. The molecule has 2 aromatic carbocycles. The highest BCUT2D eigenvalue weighted by Gasteiger charge is 2.06. The van der Waals surface area contributed by atoms with E-state index in [1.165, 1.54) is 0 Å². The highest BCUT2D eigenvalue weighted by atomic mass is 16.5. The van der Waals surface area contributed by atoms with Crippen molar-refractivity contribution in [3.05, 3.63) is 60.7 Å². The Balaban J connectivity index is 1.81. The molecule has 0 aromatic heterocycles.